The molecule has 3 aromatic carbocycles. The Morgan fingerprint density at radius 1 is 0.971 bits per heavy atom. The van der Waals surface area contributed by atoms with Crippen molar-refractivity contribution in [2.75, 3.05) is 17.2 Å². The molecule has 1 aliphatic heterocycles. The van der Waals surface area contributed by atoms with Crippen LogP contribution in [0.3, 0.4) is 0 Å². The molecule has 0 aromatic heterocycles. The van der Waals surface area contributed by atoms with Crippen molar-refractivity contribution in [3.63, 3.8) is 0 Å². The van der Waals surface area contributed by atoms with Crippen LogP contribution in [0.5, 0.6) is 0 Å². The van der Waals surface area contributed by atoms with Gasteiger partial charge < -0.3 is 15.4 Å². The lowest BCUT2D eigenvalue weighted by Gasteiger charge is -2.43. The fourth-order valence-corrected chi connectivity index (χ4v) is 6.79. The van der Waals surface area contributed by atoms with E-state index in [0.717, 1.165) is 11.6 Å². The molecular weight excluding hydrogens is 436 g/mol. The third kappa shape index (κ3) is 3.79. The minimum atomic E-state index is -0.435. The molecule has 2 aliphatic carbocycles. The predicted molar refractivity (Wildman–Crippen MR) is 137 cm³/mol. The highest BCUT2D eigenvalue weighted by atomic mass is 16.5. The summed E-state index contributed by atoms with van der Waals surface area (Å²) in [7, 11) is 0. The summed E-state index contributed by atoms with van der Waals surface area (Å²) in [5.74, 6) is 1.77. The standard InChI is InChI=1S/C30H30N2O3/c1-2-35-30(34)22-10-6-7-11-24(22)32-29(33)21-14-15-25-23(17-21)26-19-12-13-20(16-19)27(26)28(31-25)18-8-4-3-5-9-18/h3-11,14-15,17,19-20,26-28,31H,2,12-13,16H2,1H3,(H,32,33)/t19-,20-,26-,27-,28+/m0/s1. The number of hydrogen-bond acceptors (Lipinski definition) is 4. The van der Waals surface area contributed by atoms with Crippen molar-refractivity contribution in [1.82, 2.24) is 0 Å². The lowest BCUT2D eigenvalue weighted by Crippen LogP contribution is -2.35. The molecule has 0 saturated heterocycles. The SMILES string of the molecule is CCOC(=O)c1ccccc1NC(=O)c1ccc2c(c1)[C@@H]1[C@H]3CC[C@@H](C3)[C@@H]1[C@@H](c1ccccc1)N2. The van der Waals surface area contributed by atoms with Crippen molar-refractivity contribution < 1.29 is 14.3 Å². The first-order valence-corrected chi connectivity index (χ1v) is 12.7. The Morgan fingerprint density at radius 3 is 2.57 bits per heavy atom. The van der Waals surface area contributed by atoms with E-state index in [4.69, 9.17) is 4.74 Å². The monoisotopic (exact) mass is 466 g/mol. The molecule has 5 heteroatoms. The molecule has 2 N–H and O–H groups in total. The summed E-state index contributed by atoms with van der Waals surface area (Å²) in [5.41, 5.74) is 5.19. The van der Waals surface area contributed by atoms with E-state index in [1.165, 1.54) is 30.4 Å². The van der Waals surface area contributed by atoms with Gasteiger partial charge in [-0.1, -0.05) is 42.5 Å². The van der Waals surface area contributed by atoms with Gasteiger partial charge in [-0.3, -0.25) is 4.79 Å². The number of para-hydroxylation sites is 1. The Morgan fingerprint density at radius 2 is 1.74 bits per heavy atom. The van der Waals surface area contributed by atoms with Crippen molar-refractivity contribution >= 4 is 23.3 Å². The minimum absolute atomic E-state index is 0.213. The highest BCUT2D eigenvalue weighted by Crippen LogP contribution is 2.63. The predicted octanol–water partition coefficient (Wildman–Crippen LogP) is 6.41. The van der Waals surface area contributed by atoms with Crippen LogP contribution in [0, 0.1) is 17.8 Å². The van der Waals surface area contributed by atoms with Gasteiger partial charge >= 0.3 is 5.97 Å². The van der Waals surface area contributed by atoms with Gasteiger partial charge in [-0.25, -0.2) is 4.79 Å². The normalized spacial score (nSPS) is 25.8. The lowest BCUT2D eigenvalue weighted by molar-refractivity contribution is 0.0527. The number of rotatable bonds is 5. The number of fused-ring (bicyclic) bond motifs is 7. The maximum absolute atomic E-state index is 13.3. The summed E-state index contributed by atoms with van der Waals surface area (Å²) >= 11 is 0. The average molecular weight is 467 g/mol. The Labute approximate surface area is 205 Å². The first-order valence-electron chi connectivity index (χ1n) is 12.7. The van der Waals surface area contributed by atoms with Crippen LogP contribution in [0.2, 0.25) is 0 Å². The van der Waals surface area contributed by atoms with E-state index in [0.29, 0.717) is 40.6 Å². The van der Waals surface area contributed by atoms with E-state index < -0.39 is 5.97 Å². The molecule has 0 radical (unpaired) electrons. The Bertz CT molecular complexity index is 1270. The van der Waals surface area contributed by atoms with Gasteiger partial charge in [0.2, 0.25) is 0 Å². The van der Waals surface area contributed by atoms with Gasteiger partial charge in [0.25, 0.3) is 5.91 Å². The van der Waals surface area contributed by atoms with Gasteiger partial charge in [-0.15, -0.1) is 0 Å². The number of carbonyl (C=O) groups is 2. The molecule has 3 aliphatic rings. The number of esters is 1. The Balaban J connectivity index is 1.31. The van der Waals surface area contributed by atoms with Crippen LogP contribution in [-0.4, -0.2) is 18.5 Å². The summed E-state index contributed by atoms with van der Waals surface area (Å²) < 4.78 is 5.15. The molecular formula is C30H30N2O3. The molecule has 2 saturated carbocycles. The van der Waals surface area contributed by atoms with Gasteiger partial charge in [0.05, 0.1) is 23.9 Å². The molecule has 6 rings (SSSR count). The van der Waals surface area contributed by atoms with Crippen LogP contribution >= 0.6 is 0 Å². The molecule has 1 heterocycles. The van der Waals surface area contributed by atoms with Crippen molar-refractivity contribution in [3.05, 3.63) is 95.1 Å². The number of carbonyl (C=O) groups excluding carboxylic acids is 2. The summed E-state index contributed by atoms with van der Waals surface area (Å²) in [5, 5.41) is 6.77. The molecule has 5 atom stereocenters. The highest BCUT2D eigenvalue weighted by molar-refractivity contribution is 6.08. The number of hydrogen-bond donors (Lipinski definition) is 2. The maximum atomic E-state index is 13.3. The fraction of sp³-hybridized carbons (Fsp3) is 0.333. The third-order valence-corrected chi connectivity index (χ3v) is 8.18. The molecule has 178 valence electrons. The third-order valence-electron chi connectivity index (χ3n) is 8.18. The van der Waals surface area contributed by atoms with E-state index in [-0.39, 0.29) is 12.5 Å². The lowest BCUT2D eigenvalue weighted by atomic mass is 9.68. The first-order chi connectivity index (χ1) is 17.1. The van der Waals surface area contributed by atoms with Crippen LogP contribution in [0.4, 0.5) is 11.4 Å². The van der Waals surface area contributed by atoms with Crippen LogP contribution in [0.15, 0.2) is 72.8 Å². The van der Waals surface area contributed by atoms with Crippen LogP contribution in [0.1, 0.15) is 70.0 Å². The zero-order valence-corrected chi connectivity index (χ0v) is 19.9. The van der Waals surface area contributed by atoms with Gasteiger partial charge in [0.15, 0.2) is 0 Å². The molecule has 5 nitrogen and oxygen atoms in total. The summed E-state index contributed by atoms with van der Waals surface area (Å²) in [6.45, 7) is 2.05. The fourth-order valence-electron chi connectivity index (χ4n) is 6.79. The van der Waals surface area contributed by atoms with Crippen molar-refractivity contribution in [3.8, 4) is 0 Å². The second-order valence-corrected chi connectivity index (χ2v) is 9.99. The maximum Gasteiger partial charge on any atom is 0.340 e. The largest absolute Gasteiger partial charge is 0.462 e. The summed E-state index contributed by atoms with van der Waals surface area (Å²) in [6.07, 6.45) is 3.86. The Kier molecular flexibility index (Phi) is 5.56. The van der Waals surface area contributed by atoms with E-state index >= 15 is 0 Å². The van der Waals surface area contributed by atoms with Crippen LogP contribution < -0.4 is 10.6 Å². The van der Waals surface area contributed by atoms with E-state index in [2.05, 4.69) is 53.1 Å². The quantitative estimate of drug-likeness (QED) is 0.426. The number of amides is 1. The zero-order valence-electron chi connectivity index (χ0n) is 19.9. The van der Waals surface area contributed by atoms with Crippen LogP contribution in [0.25, 0.3) is 0 Å². The summed E-state index contributed by atoms with van der Waals surface area (Å²) in [4.78, 5) is 25.6. The van der Waals surface area contributed by atoms with Gasteiger partial charge in [0.1, 0.15) is 0 Å². The molecule has 0 unspecified atom stereocenters. The number of nitrogens with one attached hydrogen (secondary N) is 2. The van der Waals surface area contributed by atoms with E-state index in [1.54, 1.807) is 31.2 Å². The summed E-state index contributed by atoms with van der Waals surface area (Å²) in [6, 6.07) is 24.1. The highest BCUT2D eigenvalue weighted by Gasteiger charge is 2.53. The number of ether oxygens (including phenoxy) is 1. The number of anilines is 2. The zero-order chi connectivity index (χ0) is 23.9. The molecule has 2 fully saturated rings. The first kappa shape index (κ1) is 21.9. The molecule has 1 amide bonds. The second-order valence-electron chi connectivity index (χ2n) is 9.99. The topological polar surface area (TPSA) is 67.4 Å². The van der Waals surface area contributed by atoms with E-state index in [1.807, 2.05) is 6.07 Å². The van der Waals surface area contributed by atoms with Crippen molar-refractivity contribution in [1.29, 1.82) is 0 Å². The van der Waals surface area contributed by atoms with Gasteiger partial charge in [0, 0.05) is 11.3 Å². The minimum Gasteiger partial charge on any atom is -0.462 e. The van der Waals surface area contributed by atoms with E-state index in [9.17, 15) is 9.59 Å². The van der Waals surface area contributed by atoms with Crippen LogP contribution in [-0.2, 0) is 4.74 Å². The van der Waals surface area contributed by atoms with Gasteiger partial charge in [-0.05, 0) is 91.3 Å². The van der Waals surface area contributed by atoms with Gasteiger partial charge in [-0.2, -0.15) is 0 Å². The molecule has 0 spiro atoms. The van der Waals surface area contributed by atoms with Crippen molar-refractivity contribution in [2.24, 2.45) is 17.8 Å². The molecule has 3 aromatic rings. The second kappa shape index (κ2) is 8.88. The average Bonchev–Trinajstić information content (AvgIpc) is 3.52. The molecule has 35 heavy (non-hydrogen) atoms. The Hall–Kier alpha value is -3.60. The van der Waals surface area contributed by atoms with Crippen molar-refractivity contribution in [2.45, 2.75) is 38.1 Å². The smallest absolute Gasteiger partial charge is 0.340 e. The molecule has 2 bridgehead atoms. The number of benzene rings is 3.